The molecule has 0 atom stereocenters. The molecule has 0 bridgehead atoms. The van der Waals surface area contributed by atoms with E-state index < -0.39 is 5.91 Å². The first-order valence-corrected chi connectivity index (χ1v) is 4.50. The van der Waals surface area contributed by atoms with E-state index in [0.29, 0.717) is 11.3 Å². The number of hydrazone groups is 1. The minimum atomic E-state index is -0.426. The number of pyridine rings is 1. The molecule has 0 spiro atoms. The summed E-state index contributed by atoms with van der Waals surface area (Å²) < 4.78 is 0. The summed E-state index contributed by atoms with van der Waals surface area (Å²) in [5.74, 6) is -0.716. The van der Waals surface area contributed by atoms with Gasteiger partial charge in [-0.05, 0) is 19.1 Å². The normalized spacial score (nSPS) is 15.4. The zero-order chi connectivity index (χ0) is 10.8. The summed E-state index contributed by atoms with van der Waals surface area (Å²) in [5.41, 5.74) is 1.02. The lowest BCUT2D eigenvalue weighted by atomic mass is 10.2. The van der Waals surface area contributed by atoms with Crippen LogP contribution in [0, 0.1) is 0 Å². The highest BCUT2D eigenvalue weighted by atomic mass is 16.2. The molecule has 0 fully saturated rings. The molecular weight excluding hydrogens is 194 g/mol. The van der Waals surface area contributed by atoms with Crippen LogP contribution in [0.4, 0.5) is 0 Å². The van der Waals surface area contributed by atoms with E-state index in [2.05, 4.69) is 10.1 Å². The van der Waals surface area contributed by atoms with E-state index in [0.717, 1.165) is 5.01 Å². The molecule has 1 aromatic heterocycles. The predicted molar refractivity (Wildman–Crippen MR) is 53.1 cm³/mol. The Morgan fingerprint density at radius 2 is 2.33 bits per heavy atom. The summed E-state index contributed by atoms with van der Waals surface area (Å²) in [5, 5.41) is 4.76. The number of carbonyl (C=O) groups is 2. The van der Waals surface area contributed by atoms with Crippen molar-refractivity contribution in [2.75, 3.05) is 0 Å². The molecule has 0 N–H and O–H groups in total. The van der Waals surface area contributed by atoms with Crippen molar-refractivity contribution in [1.82, 2.24) is 9.99 Å². The van der Waals surface area contributed by atoms with Gasteiger partial charge in [-0.15, -0.1) is 0 Å². The maximum atomic E-state index is 11.8. The van der Waals surface area contributed by atoms with Gasteiger partial charge < -0.3 is 0 Å². The monoisotopic (exact) mass is 203 g/mol. The summed E-state index contributed by atoms with van der Waals surface area (Å²) in [6.07, 6.45) is 3.20. The summed E-state index contributed by atoms with van der Waals surface area (Å²) in [4.78, 5) is 26.9. The third kappa shape index (κ3) is 1.76. The van der Waals surface area contributed by atoms with Crippen LogP contribution >= 0.6 is 0 Å². The number of hydrogen-bond donors (Lipinski definition) is 0. The van der Waals surface area contributed by atoms with Gasteiger partial charge in [-0.25, -0.2) is 0 Å². The molecule has 2 rings (SSSR count). The first kappa shape index (κ1) is 9.51. The van der Waals surface area contributed by atoms with E-state index >= 15 is 0 Å². The maximum absolute atomic E-state index is 11.8. The molecule has 0 aromatic carbocycles. The van der Waals surface area contributed by atoms with Crippen LogP contribution < -0.4 is 0 Å². The lowest BCUT2D eigenvalue weighted by Gasteiger charge is -2.08. The molecule has 0 saturated carbocycles. The lowest BCUT2D eigenvalue weighted by molar-refractivity contribution is -0.126. The van der Waals surface area contributed by atoms with Gasteiger partial charge in [-0.3, -0.25) is 14.6 Å². The molecule has 1 aromatic rings. The fraction of sp³-hybridized carbons (Fsp3) is 0.200. The molecule has 2 heterocycles. The first-order valence-electron chi connectivity index (χ1n) is 4.50. The number of carbonyl (C=O) groups excluding carboxylic acids is 2. The summed E-state index contributed by atoms with van der Waals surface area (Å²) >= 11 is 0. The minimum absolute atomic E-state index is 0.214. The second-order valence-electron chi connectivity index (χ2n) is 3.26. The van der Waals surface area contributed by atoms with Crippen LogP contribution in [-0.2, 0) is 4.79 Å². The van der Waals surface area contributed by atoms with Crippen LogP contribution in [0.3, 0.4) is 0 Å². The Kier molecular flexibility index (Phi) is 2.29. The van der Waals surface area contributed by atoms with Gasteiger partial charge in [0.2, 0.25) is 0 Å². The van der Waals surface area contributed by atoms with E-state index in [-0.39, 0.29) is 12.3 Å². The number of imide groups is 1. The minimum Gasteiger partial charge on any atom is -0.272 e. The van der Waals surface area contributed by atoms with Crippen LogP contribution in [-0.4, -0.2) is 27.5 Å². The van der Waals surface area contributed by atoms with Gasteiger partial charge in [0, 0.05) is 18.1 Å². The molecule has 1 aliphatic heterocycles. The molecule has 0 unspecified atom stereocenters. The quantitative estimate of drug-likeness (QED) is 0.635. The number of amides is 2. The molecule has 1 aliphatic rings. The second kappa shape index (κ2) is 3.61. The molecule has 0 radical (unpaired) electrons. The molecule has 0 saturated heterocycles. The average Bonchev–Trinajstić information content (AvgIpc) is 2.58. The van der Waals surface area contributed by atoms with E-state index in [9.17, 15) is 9.59 Å². The highest BCUT2D eigenvalue weighted by Gasteiger charge is 2.28. The standard InChI is InChI=1S/C10H9N3O2/c1-7-5-9(14)13(12-7)10(15)8-3-2-4-11-6-8/h2-4,6H,5H2,1H3. The Morgan fingerprint density at radius 3 is 2.87 bits per heavy atom. The fourth-order valence-corrected chi connectivity index (χ4v) is 1.33. The molecule has 15 heavy (non-hydrogen) atoms. The third-order valence-corrected chi connectivity index (χ3v) is 2.01. The highest BCUT2D eigenvalue weighted by molar-refractivity contribution is 6.13. The molecule has 76 valence electrons. The fourth-order valence-electron chi connectivity index (χ4n) is 1.33. The summed E-state index contributed by atoms with van der Waals surface area (Å²) in [6.45, 7) is 1.72. The Hall–Kier alpha value is -2.04. The molecule has 0 aliphatic carbocycles. The van der Waals surface area contributed by atoms with Crippen LogP contribution in [0.1, 0.15) is 23.7 Å². The van der Waals surface area contributed by atoms with E-state index in [1.165, 1.54) is 6.20 Å². The lowest BCUT2D eigenvalue weighted by Crippen LogP contribution is -2.28. The van der Waals surface area contributed by atoms with Crippen LogP contribution in [0.15, 0.2) is 29.6 Å². The predicted octanol–water partition coefficient (Wildman–Crippen LogP) is 0.830. The zero-order valence-corrected chi connectivity index (χ0v) is 8.17. The molecular formula is C10H9N3O2. The van der Waals surface area contributed by atoms with Crippen molar-refractivity contribution < 1.29 is 9.59 Å². The van der Waals surface area contributed by atoms with Crippen molar-refractivity contribution in [2.24, 2.45) is 5.10 Å². The Morgan fingerprint density at radius 1 is 1.53 bits per heavy atom. The second-order valence-corrected chi connectivity index (χ2v) is 3.26. The first-order chi connectivity index (χ1) is 7.18. The van der Waals surface area contributed by atoms with E-state index in [1.54, 1.807) is 25.3 Å². The van der Waals surface area contributed by atoms with Gasteiger partial charge in [-0.2, -0.15) is 10.1 Å². The molecule has 2 amide bonds. The van der Waals surface area contributed by atoms with E-state index in [1.807, 2.05) is 0 Å². The summed E-state index contributed by atoms with van der Waals surface area (Å²) in [7, 11) is 0. The van der Waals surface area contributed by atoms with Crippen molar-refractivity contribution in [3.63, 3.8) is 0 Å². The SMILES string of the molecule is CC1=NN(C(=O)c2cccnc2)C(=O)C1. The van der Waals surface area contributed by atoms with E-state index in [4.69, 9.17) is 0 Å². The van der Waals surface area contributed by atoms with Crippen molar-refractivity contribution >= 4 is 17.5 Å². The van der Waals surface area contributed by atoms with Crippen molar-refractivity contribution in [1.29, 1.82) is 0 Å². The Labute approximate surface area is 86.4 Å². The van der Waals surface area contributed by atoms with Gasteiger partial charge in [0.1, 0.15) is 0 Å². The third-order valence-electron chi connectivity index (χ3n) is 2.01. The Bertz CT molecular complexity index is 439. The maximum Gasteiger partial charge on any atom is 0.282 e. The Balaban J connectivity index is 2.26. The zero-order valence-electron chi connectivity index (χ0n) is 8.17. The number of aromatic nitrogens is 1. The van der Waals surface area contributed by atoms with Gasteiger partial charge >= 0.3 is 0 Å². The van der Waals surface area contributed by atoms with Gasteiger partial charge in [0.25, 0.3) is 11.8 Å². The molecule has 5 heteroatoms. The smallest absolute Gasteiger partial charge is 0.272 e. The van der Waals surface area contributed by atoms with Crippen LogP contribution in [0.5, 0.6) is 0 Å². The van der Waals surface area contributed by atoms with Crippen molar-refractivity contribution in [3.05, 3.63) is 30.1 Å². The van der Waals surface area contributed by atoms with Crippen molar-refractivity contribution in [2.45, 2.75) is 13.3 Å². The van der Waals surface area contributed by atoms with Gasteiger partial charge in [0.05, 0.1) is 12.0 Å². The number of hydrogen-bond acceptors (Lipinski definition) is 4. The topological polar surface area (TPSA) is 62.6 Å². The van der Waals surface area contributed by atoms with Crippen LogP contribution in [0.2, 0.25) is 0 Å². The largest absolute Gasteiger partial charge is 0.282 e. The van der Waals surface area contributed by atoms with Crippen LogP contribution in [0.25, 0.3) is 0 Å². The number of nitrogens with zero attached hydrogens (tertiary/aromatic N) is 3. The highest BCUT2D eigenvalue weighted by Crippen LogP contribution is 2.12. The average molecular weight is 203 g/mol. The van der Waals surface area contributed by atoms with Crippen molar-refractivity contribution in [3.8, 4) is 0 Å². The van der Waals surface area contributed by atoms with Gasteiger partial charge in [-0.1, -0.05) is 0 Å². The summed E-state index contributed by atoms with van der Waals surface area (Å²) in [6, 6.07) is 3.25. The molecule has 5 nitrogen and oxygen atoms in total. The van der Waals surface area contributed by atoms with Gasteiger partial charge in [0.15, 0.2) is 0 Å². The number of rotatable bonds is 1.